The number of phenols is 1. The summed E-state index contributed by atoms with van der Waals surface area (Å²) in [6, 6.07) is 6.57. The van der Waals surface area contributed by atoms with E-state index in [1.807, 2.05) is 0 Å². The number of phenolic OH excluding ortho intramolecular Hbond substituents is 1. The SMILES string of the molecule is COC(=O)C(CO)NC(=O)c1cccc(-c2ccc(O)c3c2CC2CC4C(N(C)C)C(=O)C(C(N)=O)=C(O)C4(O)C(=O)C2=C3O)c1. The number of ether oxygens (including phenoxy) is 1. The van der Waals surface area contributed by atoms with Crippen LogP contribution >= 0.6 is 0 Å². The highest BCUT2D eigenvalue weighted by molar-refractivity contribution is 6.24. The summed E-state index contributed by atoms with van der Waals surface area (Å²) in [7, 11) is 4.15. The molecule has 14 heteroatoms. The lowest BCUT2D eigenvalue weighted by Crippen LogP contribution is -2.65. The number of methoxy groups -OCH3 is 1. The minimum Gasteiger partial charge on any atom is -0.508 e. The largest absolute Gasteiger partial charge is 0.508 e. The Balaban J connectivity index is 1.62. The van der Waals surface area contributed by atoms with Crippen LogP contribution in [0.3, 0.4) is 0 Å². The molecule has 0 saturated heterocycles. The molecular weight excluding hydrogens is 602 g/mol. The molecule has 14 nitrogen and oxygen atoms in total. The summed E-state index contributed by atoms with van der Waals surface area (Å²) in [4.78, 5) is 65.7. The van der Waals surface area contributed by atoms with E-state index in [-0.39, 0.29) is 35.3 Å². The molecule has 2 aromatic carbocycles. The third-order valence-electron chi connectivity index (χ3n) is 9.01. The first kappa shape index (κ1) is 32.3. The van der Waals surface area contributed by atoms with E-state index in [0.717, 1.165) is 7.11 Å². The van der Waals surface area contributed by atoms with Crippen LogP contribution < -0.4 is 11.1 Å². The van der Waals surface area contributed by atoms with Crippen LogP contribution in [0.5, 0.6) is 5.75 Å². The molecule has 5 unspecified atom stereocenters. The highest BCUT2D eigenvalue weighted by Gasteiger charge is 2.64. The minimum absolute atomic E-state index is 0.0453. The number of nitrogens with two attached hydrogens (primary N) is 1. The van der Waals surface area contributed by atoms with Crippen molar-refractivity contribution in [3.05, 3.63) is 70.0 Å². The van der Waals surface area contributed by atoms with Gasteiger partial charge in [0.1, 0.15) is 22.8 Å². The molecule has 46 heavy (non-hydrogen) atoms. The third kappa shape index (κ3) is 4.81. The van der Waals surface area contributed by atoms with Crippen molar-refractivity contribution >= 4 is 35.1 Å². The number of Topliss-reactive ketones (excluding diaryl/α,β-unsaturated/α-hetero) is 2. The van der Waals surface area contributed by atoms with Crippen LogP contribution in [0.4, 0.5) is 0 Å². The third-order valence-corrected chi connectivity index (χ3v) is 9.01. The number of hydrogen-bond acceptors (Lipinski definition) is 12. The topological polar surface area (TPSA) is 237 Å². The predicted octanol–water partition coefficient (Wildman–Crippen LogP) is -0.105. The van der Waals surface area contributed by atoms with E-state index >= 15 is 0 Å². The van der Waals surface area contributed by atoms with Crippen molar-refractivity contribution in [3.63, 3.8) is 0 Å². The number of benzene rings is 2. The first-order valence-electron chi connectivity index (χ1n) is 14.3. The number of nitrogens with one attached hydrogen (secondary N) is 1. The molecule has 3 aliphatic rings. The Kier molecular flexibility index (Phi) is 8.23. The minimum atomic E-state index is -2.75. The Labute approximate surface area is 262 Å². The van der Waals surface area contributed by atoms with Crippen molar-refractivity contribution in [1.82, 2.24) is 10.2 Å². The van der Waals surface area contributed by atoms with Crippen LogP contribution in [0.1, 0.15) is 27.9 Å². The second kappa shape index (κ2) is 11.7. The van der Waals surface area contributed by atoms with Crippen molar-refractivity contribution in [2.24, 2.45) is 17.6 Å². The van der Waals surface area contributed by atoms with E-state index in [0.29, 0.717) is 16.7 Å². The van der Waals surface area contributed by atoms with Gasteiger partial charge in [-0.15, -0.1) is 0 Å². The number of aliphatic hydroxyl groups excluding tert-OH is 3. The molecule has 0 aliphatic heterocycles. The molecule has 0 aromatic heterocycles. The molecule has 8 N–H and O–H groups in total. The number of ketones is 2. The monoisotopic (exact) mass is 635 g/mol. The Morgan fingerprint density at radius 2 is 1.83 bits per heavy atom. The first-order chi connectivity index (χ1) is 21.7. The number of rotatable bonds is 7. The number of primary amides is 1. The highest BCUT2D eigenvalue weighted by atomic mass is 16.5. The predicted molar refractivity (Wildman–Crippen MR) is 160 cm³/mol. The normalized spacial score (nSPS) is 24.6. The Bertz CT molecular complexity index is 1760. The van der Waals surface area contributed by atoms with Crippen LogP contribution in [0.25, 0.3) is 16.9 Å². The summed E-state index contributed by atoms with van der Waals surface area (Å²) in [5.74, 6) is -9.04. The summed E-state index contributed by atoms with van der Waals surface area (Å²) in [5, 5.41) is 57.0. The van der Waals surface area contributed by atoms with Gasteiger partial charge in [-0.25, -0.2) is 4.79 Å². The molecule has 1 fully saturated rings. The number of aliphatic hydroxyl groups is 4. The number of nitrogens with zero attached hydrogens (tertiary/aromatic N) is 1. The van der Waals surface area contributed by atoms with Gasteiger partial charge in [0.05, 0.1) is 25.3 Å². The van der Waals surface area contributed by atoms with Gasteiger partial charge in [0.25, 0.3) is 11.8 Å². The van der Waals surface area contributed by atoms with Gasteiger partial charge in [-0.2, -0.15) is 0 Å². The van der Waals surface area contributed by atoms with Gasteiger partial charge in [-0.05, 0) is 67.7 Å². The molecule has 0 bridgehead atoms. The van der Waals surface area contributed by atoms with E-state index in [1.165, 1.54) is 37.2 Å². The zero-order valence-corrected chi connectivity index (χ0v) is 25.1. The molecule has 0 spiro atoms. The maximum Gasteiger partial charge on any atom is 0.330 e. The van der Waals surface area contributed by atoms with Crippen LogP contribution in [-0.4, -0.2) is 105 Å². The van der Waals surface area contributed by atoms with Crippen LogP contribution in [-0.2, 0) is 30.3 Å². The second-order valence-corrected chi connectivity index (χ2v) is 11.8. The molecule has 5 rings (SSSR count). The average Bonchev–Trinajstić information content (AvgIpc) is 3.01. The number of hydrogen-bond donors (Lipinski definition) is 7. The molecule has 2 aromatic rings. The highest BCUT2D eigenvalue weighted by Crippen LogP contribution is 2.53. The van der Waals surface area contributed by atoms with Crippen molar-refractivity contribution in [3.8, 4) is 16.9 Å². The van der Waals surface area contributed by atoms with Crippen LogP contribution in [0, 0.1) is 11.8 Å². The van der Waals surface area contributed by atoms with E-state index in [9.17, 15) is 49.5 Å². The summed E-state index contributed by atoms with van der Waals surface area (Å²) >= 11 is 0. The Morgan fingerprint density at radius 1 is 1.13 bits per heavy atom. The fraction of sp³-hybridized carbons (Fsp3) is 0.344. The first-order valence-corrected chi connectivity index (χ1v) is 14.3. The van der Waals surface area contributed by atoms with Gasteiger partial charge in [0.15, 0.2) is 17.4 Å². The number of carbonyl (C=O) groups is 5. The number of likely N-dealkylation sites (N-methyl/N-ethyl adjacent to an activating group) is 1. The number of esters is 1. The van der Waals surface area contributed by atoms with Crippen LogP contribution in [0.15, 0.2) is 53.3 Å². The summed E-state index contributed by atoms with van der Waals surface area (Å²) in [5.41, 5.74) is 2.81. The van der Waals surface area contributed by atoms with E-state index < -0.39 is 82.6 Å². The lowest BCUT2D eigenvalue weighted by atomic mass is 9.57. The van der Waals surface area contributed by atoms with Crippen molar-refractivity contribution < 1.29 is 54.2 Å². The number of amides is 2. The molecule has 1 saturated carbocycles. The number of fused-ring (bicyclic) bond motifs is 3. The molecule has 0 heterocycles. The van der Waals surface area contributed by atoms with Gasteiger partial charge in [-0.1, -0.05) is 18.2 Å². The molecule has 0 radical (unpaired) electrons. The van der Waals surface area contributed by atoms with Gasteiger partial charge >= 0.3 is 5.97 Å². The zero-order valence-electron chi connectivity index (χ0n) is 25.1. The van der Waals surface area contributed by atoms with Crippen molar-refractivity contribution in [2.45, 2.75) is 30.5 Å². The van der Waals surface area contributed by atoms with E-state index in [4.69, 9.17) is 5.73 Å². The lowest BCUT2D eigenvalue weighted by Gasteiger charge is -2.50. The maximum atomic E-state index is 14.0. The summed E-state index contributed by atoms with van der Waals surface area (Å²) < 4.78 is 4.59. The molecule has 5 atom stereocenters. The van der Waals surface area contributed by atoms with Gasteiger partial charge in [-0.3, -0.25) is 24.1 Å². The zero-order chi connectivity index (χ0) is 33.8. The van der Waals surface area contributed by atoms with E-state index in [1.54, 1.807) is 18.2 Å². The molecule has 242 valence electrons. The van der Waals surface area contributed by atoms with Crippen molar-refractivity contribution in [1.29, 1.82) is 0 Å². The molecule has 2 amide bonds. The number of carbonyl (C=O) groups excluding carboxylic acids is 5. The number of aromatic hydroxyl groups is 1. The Hall–Kier alpha value is -5.05. The second-order valence-electron chi connectivity index (χ2n) is 11.8. The van der Waals surface area contributed by atoms with Gasteiger partial charge in [0, 0.05) is 17.1 Å². The standard InChI is InChI=1S/C32H33N3O11/c1-35(2)24-18-11-15-10-17-16(13-5-4-6-14(9-13)30(43)34-19(12-36)31(44)46-3)7-8-20(37)22(17)25(38)21(15)27(40)32(18,45)28(41)23(26(24)39)29(33)42/h4-9,15,18-19,24,36-38,41,45H,10-12H2,1-3H3,(H2,33,42)(H,34,43). The quantitative estimate of drug-likeness (QED) is 0.156. The maximum absolute atomic E-state index is 14.0. The lowest BCUT2D eigenvalue weighted by molar-refractivity contribution is -0.153. The Morgan fingerprint density at radius 3 is 2.43 bits per heavy atom. The van der Waals surface area contributed by atoms with Crippen molar-refractivity contribution in [2.75, 3.05) is 27.8 Å². The fourth-order valence-electron chi connectivity index (χ4n) is 6.91. The summed E-state index contributed by atoms with van der Waals surface area (Å²) in [6.07, 6.45) is -0.0387. The summed E-state index contributed by atoms with van der Waals surface area (Å²) in [6.45, 7) is -0.689. The molecular formula is C32H33N3O11. The van der Waals surface area contributed by atoms with Crippen LogP contribution in [0.2, 0.25) is 0 Å². The van der Waals surface area contributed by atoms with Gasteiger partial charge < -0.3 is 41.3 Å². The molecule has 3 aliphatic carbocycles. The van der Waals surface area contributed by atoms with Gasteiger partial charge in [0.2, 0.25) is 5.78 Å². The van der Waals surface area contributed by atoms with E-state index in [2.05, 4.69) is 10.1 Å². The fourth-order valence-corrected chi connectivity index (χ4v) is 6.91. The smallest absolute Gasteiger partial charge is 0.330 e. The average molecular weight is 636 g/mol.